The van der Waals surface area contributed by atoms with Crippen molar-refractivity contribution >= 4 is 15.9 Å². The zero-order valence-electron chi connectivity index (χ0n) is 17.1. The lowest BCUT2D eigenvalue weighted by Gasteiger charge is -2.34. The fraction of sp³-hybridized carbons (Fsp3) is 0.273. The van der Waals surface area contributed by atoms with E-state index >= 15 is 0 Å². The molecule has 3 rings (SSSR count). The van der Waals surface area contributed by atoms with Crippen molar-refractivity contribution in [2.45, 2.75) is 18.0 Å². The molecule has 8 nitrogen and oxygen atoms in total. The van der Waals surface area contributed by atoms with Crippen molar-refractivity contribution in [2.75, 3.05) is 26.2 Å². The van der Waals surface area contributed by atoms with E-state index in [4.69, 9.17) is 5.14 Å². The first-order valence-electron chi connectivity index (χ1n) is 9.88. The number of rotatable bonds is 7. The predicted octanol–water partition coefficient (Wildman–Crippen LogP) is 1.18. The Hall–Kier alpha value is -3.19. The topological polar surface area (TPSA) is 120 Å². The summed E-state index contributed by atoms with van der Waals surface area (Å²) in [7, 11) is -3.73. The summed E-state index contributed by atoms with van der Waals surface area (Å²) in [6.45, 7) is 3.83. The van der Waals surface area contributed by atoms with Crippen molar-refractivity contribution in [3.8, 4) is 6.07 Å². The lowest BCUT2D eigenvalue weighted by molar-refractivity contribution is -0.128. The van der Waals surface area contributed by atoms with E-state index < -0.39 is 10.0 Å². The average Bonchev–Trinajstić information content (AvgIpc) is 2.77. The number of benzene rings is 2. The molecule has 0 radical (unpaired) electrons. The van der Waals surface area contributed by atoms with Crippen LogP contribution in [0.3, 0.4) is 0 Å². The van der Waals surface area contributed by atoms with Crippen LogP contribution in [0.25, 0.3) is 0 Å². The van der Waals surface area contributed by atoms with E-state index in [-0.39, 0.29) is 16.4 Å². The summed E-state index contributed by atoms with van der Waals surface area (Å²) in [5.41, 5.74) is 2.07. The van der Waals surface area contributed by atoms with Gasteiger partial charge in [0.25, 0.3) is 5.91 Å². The van der Waals surface area contributed by atoms with Gasteiger partial charge >= 0.3 is 0 Å². The molecule has 31 heavy (non-hydrogen) atoms. The van der Waals surface area contributed by atoms with Crippen molar-refractivity contribution in [2.24, 2.45) is 5.14 Å². The molecule has 1 aliphatic rings. The summed E-state index contributed by atoms with van der Waals surface area (Å²) >= 11 is 0. The first-order chi connectivity index (χ1) is 14.9. The van der Waals surface area contributed by atoms with Crippen LogP contribution in [0.15, 0.2) is 71.3 Å². The van der Waals surface area contributed by atoms with Crippen molar-refractivity contribution < 1.29 is 13.2 Å². The highest BCUT2D eigenvalue weighted by molar-refractivity contribution is 7.89. The van der Waals surface area contributed by atoms with Gasteiger partial charge in [0, 0.05) is 45.5 Å². The molecule has 0 spiro atoms. The van der Waals surface area contributed by atoms with Crippen LogP contribution in [0.1, 0.15) is 11.1 Å². The third-order valence-electron chi connectivity index (χ3n) is 5.06. The van der Waals surface area contributed by atoms with E-state index in [0.29, 0.717) is 19.6 Å². The highest BCUT2D eigenvalue weighted by Gasteiger charge is 2.23. The van der Waals surface area contributed by atoms with Crippen molar-refractivity contribution in [1.29, 1.82) is 5.26 Å². The van der Waals surface area contributed by atoms with Gasteiger partial charge in [0.15, 0.2) is 0 Å². The SMILES string of the molecule is N#C/C(=C/NCc1ccc(S(N)(=O)=O)cc1)C(=O)N1CCN(Cc2ccccc2)CC1. The van der Waals surface area contributed by atoms with Crippen LogP contribution in [-0.4, -0.2) is 50.3 Å². The second-order valence-corrected chi connectivity index (χ2v) is 8.86. The molecular formula is C22H25N5O3S. The number of sulfonamides is 1. The lowest BCUT2D eigenvalue weighted by atomic mass is 10.2. The van der Waals surface area contributed by atoms with Gasteiger partial charge < -0.3 is 10.2 Å². The van der Waals surface area contributed by atoms with Crippen molar-refractivity contribution in [1.82, 2.24) is 15.1 Å². The van der Waals surface area contributed by atoms with Gasteiger partial charge in [-0.3, -0.25) is 9.69 Å². The first-order valence-corrected chi connectivity index (χ1v) is 11.4. The molecule has 0 unspecified atom stereocenters. The fourth-order valence-electron chi connectivity index (χ4n) is 3.33. The summed E-state index contributed by atoms with van der Waals surface area (Å²) in [5, 5.41) is 17.4. The number of hydrogen-bond acceptors (Lipinski definition) is 6. The molecule has 1 fully saturated rings. The smallest absolute Gasteiger partial charge is 0.266 e. The Bertz CT molecular complexity index is 1070. The van der Waals surface area contributed by atoms with E-state index in [1.54, 1.807) is 17.0 Å². The monoisotopic (exact) mass is 439 g/mol. The largest absolute Gasteiger partial charge is 0.386 e. The highest BCUT2D eigenvalue weighted by Crippen LogP contribution is 2.11. The molecule has 0 atom stereocenters. The Kier molecular flexibility index (Phi) is 7.41. The molecule has 0 aromatic heterocycles. The van der Waals surface area contributed by atoms with Gasteiger partial charge in [-0.05, 0) is 23.3 Å². The van der Waals surface area contributed by atoms with E-state index in [1.807, 2.05) is 24.3 Å². The van der Waals surface area contributed by atoms with E-state index in [0.717, 1.165) is 25.2 Å². The summed E-state index contributed by atoms with van der Waals surface area (Å²) < 4.78 is 22.6. The van der Waals surface area contributed by atoms with Gasteiger partial charge in [0.05, 0.1) is 4.90 Å². The Morgan fingerprint density at radius 3 is 2.26 bits per heavy atom. The third kappa shape index (κ3) is 6.39. The van der Waals surface area contributed by atoms with Gasteiger partial charge in [-0.1, -0.05) is 42.5 Å². The molecule has 9 heteroatoms. The number of nitriles is 1. The van der Waals surface area contributed by atoms with Gasteiger partial charge in [-0.25, -0.2) is 13.6 Å². The number of nitrogens with one attached hydrogen (secondary N) is 1. The maximum atomic E-state index is 12.7. The number of nitrogens with two attached hydrogens (primary N) is 1. The van der Waals surface area contributed by atoms with Crippen LogP contribution in [0.5, 0.6) is 0 Å². The second kappa shape index (κ2) is 10.2. The van der Waals surface area contributed by atoms with Crippen LogP contribution in [0, 0.1) is 11.3 Å². The molecule has 1 heterocycles. The fourth-order valence-corrected chi connectivity index (χ4v) is 3.85. The minimum absolute atomic E-state index is 0.0334. The number of amides is 1. The third-order valence-corrected chi connectivity index (χ3v) is 5.99. The average molecular weight is 440 g/mol. The molecule has 0 saturated carbocycles. The van der Waals surface area contributed by atoms with Crippen LogP contribution in [0.2, 0.25) is 0 Å². The highest BCUT2D eigenvalue weighted by atomic mass is 32.2. The molecular weight excluding hydrogens is 414 g/mol. The van der Waals surface area contributed by atoms with Crippen LogP contribution >= 0.6 is 0 Å². The number of piperazine rings is 1. The predicted molar refractivity (Wildman–Crippen MR) is 117 cm³/mol. The minimum Gasteiger partial charge on any atom is -0.386 e. The number of carbonyl (C=O) groups excluding carboxylic acids is 1. The van der Waals surface area contributed by atoms with Crippen LogP contribution < -0.4 is 10.5 Å². The molecule has 0 aliphatic carbocycles. The number of primary sulfonamides is 1. The van der Waals surface area contributed by atoms with E-state index in [9.17, 15) is 18.5 Å². The molecule has 2 aromatic rings. The number of nitrogens with zero attached hydrogens (tertiary/aromatic N) is 3. The number of hydrogen-bond donors (Lipinski definition) is 2. The molecule has 1 saturated heterocycles. The molecule has 1 amide bonds. The molecule has 0 bridgehead atoms. The summed E-state index contributed by atoms with van der Waals surface area (Å²) in [6, 6.07) is 18.2. The molecule has 1 aliphatic heterocycles. The normalized spacial score (nSPS) is 15.4. The summed E-state index contributed by atoms with van der Waals surface area (Å²) in [5.74, 6) is -0.293. The molecule has 3 N–H and O–H groups in total. The summed E-state index contributed by atoms with van der Waals surface area (Å²) in [4.78, 5) is 16.7. The Labute approximate surface area is 182 Å². The summed E-state index contributed by atoms with van der Waals surface area (Å²) in [6.07, 6.45) is 1.41. The number of carbonyl (C=O) groups is 1. The molecule has 2 aromatic carbocycles. The quantitative estimate of drug-likeness (QED) is 0.494. The first kappa shape index (κ1) is 22.5. The second-order valence-electron chi connectivity index (χ2n) is 7.29. The van der Waals surface area contributed by atoms with Crippen LogP contribution in [-0.2, 0) is 27.9 Å². The maximum absolute atomic E-state index is 12.7. The van der Waals surface area contributed by atoms with E-state index in [2.05, 4.69) is 22.3 Å². The van der Waals surface area contributed by atoms with Crippen molar-refractivity contribution in [3.63, 3.8) is 0 Å². The Balaban J connectivity index is 1.51. The Morgan fingerprint density at radius 1 is 1.03 bits per heavy atom. The van der Waals surface area contributed by atoms with Crippen molar-refractivity contribution in [3.05, 3.63) is 77.5 Å². The minimum atomic E-state index is -3.73. The maximum Gasteiger partial charge on any atom is 0.266 e. The van der Waals surface area contributed by atoms with Gasteiger partial charge in [-0.2, -0.15) is 5.26 Å². The lowest BCUT2D eigenvalue weighted by Crippen LogP contribution is -2.48. The van der Waals surface area contributed by atoms with Gasteiger partial charge in [0.2, 0.25) is 10.0 Å². The van der Waals surface area contributed by atoms with Gasteiger partial charge in [-0.15, -0.1) is 0 Å². The van der Waals surface area contributed by atoms with E-state index in [1.165, 1.54) is 23.9 Å². The molecule has 162 valence electrons. The zero-order chi connectivity index (χ0) is 22.3. The van der Waals surface area contributed by atoms with Crippen LogP contribution in [0.4, 0.5) is 0 Å². The van der Waals surface area contributed by atoms with Gasteiger partial charge in [0.1, 0.15) is 11.6 Å². The Morgan fingerprint density at radius 2 is 1.68 bits per heavy atom. The zero-order valence-corrected chi connectivity index (χ0v) is 17.9. The standard InChI is InChI=1S/C22H25N5O3S/c23-14-20(16-25-15-18-6-8-21(9-7-18)31(24,29)30)22(28)27-12-10-26(11-13-27)17-19-4-2-1-3-5-19/h1-9,16,25H,10-13,15,17H2,(H2,24,29,30)/b20-16-.